The maximum atomic E-state index is 12.5. The van der Waals surface area contributed by atoms with Crippen molar-refractivity contribution in [2.75, 3.05) is 25.0 Å². The van der Waals surface area contributed by atoms with Crippen LogP contribution in [0, 0.1) is 0 Å². The number of benzene rings is 1. The van der Waals surface area contributed by atoms with Crippen LogP contribution in [-0.2, 0) is 17.6 Å². The number of ether oxygens (including phenoxy) is 1. The molecule has 1 aromatic carbocycles. The number of fused-ring (bicyclic) bond motifs is 1. The van der Waals surface area contributed by atoms with Crippen molar-refractivity contribution >= 4 is 11.7 Å². The SMILES string of the molecule is O=C(COc1ccccc1)N1CCc2ncnc(NC3CC3)c2CC1. The van der Waals surface area contributed by atoms with Gasteiger partial charge in [0.05, 0.1) is 5.69 Å². The first kappa shape index (κ1) is 15.9. The molecule has 2 heterocycles. The lowest BCUT2D eigenvalue weighted by atomic mass is 10.1. The highest BCUT2D eigenvalue weighted by Crippen LogP contribution is 2.27. The molecule has 0 radical (unpaired) electrons. The zero-order valence-corrected chi connectivity index (χ0v) is 14.1. The van der Waals surface area contributed by atoms with E-state index in [1.807, 2.05) is 35.2 Å². The second-order valence-corrected chi connectivity index (χ2v) is 6.55. The quantitative estimate of drug-likeness (QED) is 0.904. The summed E-state index contributed by atoms with van der Waals surface area (Å²) in [6, 6.07) is 9.99. The lowest BCUT2D eigenvalue weighted by molar-refractivity contribution is -0.133. The summed E-state index contributed by atoms with van der Waals surface area (Å²) in [6.07, 6.45) is 5.58. The van der Waals surface area contributed by atoms with Crippen LogP contribution in [0.3, 0.4) is 0 Å². The normalized spacial score (nSPS) is 16.7. The maximum Gasteiger partial charge on any atom is 0.260 e. The van der Waals surface area contributed by atoms with Crippen LogP contribution >= 0.6 is 0 Å². The van der Waals surface area contributed by atoms with Gasteiger partial charge in [0.2, 0.25) is 0 Å². The number of para-hydroxylation sites is 1. The summed E-state index contributed by atoms with van der Waals surface area (Å²) in [5.41, 5.74) is 2.21. The molecule has 1 aliphatic carbocycles. The average molecular weight is 338 g/mol. The van der Waals surface area contributed by atoms with E-state index in [4.69, 9.17) is 4.74 Å². The number of carbonyl (C=O) groups excluding carboxylic acids is 1. The number of carbonyl (C=O) groups is 1. The first-order valence-corrected chi connectivity index (χ1v) is 8.84. The van der Waals surface area contributed by atoms with Crippen molar-refractivity contribution in [2.45, 2.75) is 31.7 Å². The molecule has 25 heavy (non-hydrogen) atoms. The highest BCUT2D eigenvalue weighted by atomic mass is 16.5. The largest absolute Gasteiger partial charge is 0.484 e. The van der Waals surface area contributed by atoms with E-state index in [0.29, 0.717) is 19.1 Å². The van der Waals surface area contributed by atoms with Crippen molar-refractivity contribution < 1.29 is 9.53 Å². The zero-order valence-electron chi connectivity index (χ0n) is 14.1. The highest BCUT2D eigenvalue weighted by Gasteiger charge is 2.26. The average Bonchev–Trinajstić information content (AvgIpc) is 3.47. The van der Waals surface area contributed by atoms with Crippen LogP contribution in [-0.4, -0.2) is 46.5 Å². The molecule has 4 rings (SSSR count). The zero-order chi connectivity index (χ0) is 17.1. The molecule has 6 heteroatoms. The molecule has 1 aromatic heterocycles. The smallest absolute Gasteiger partial charge is 0.260 e. The summed E-state index contributed by atoms with van der Waals surface area (Å²) in [7, 11) is 0. The maximum absolute atomic E-state index is 12.5. The van der Waals surface area contributed by atoms with E-state index in [1.165, 1.54) is 12.8 Å². The van der Waals surface area contributed by atoms with Crippen molar-refractivity contribution in [3.8, 4) is 5.75 Å². The van der Waals surface area contributed by atoms with Gasteiger partial charge in [-0.2, -0.15) is 0 Å². The number of amides is 1. The summed E-state index contributed by atoms with van der Waals surface area (Å²) < 4.78 is 5.59. The summed E-state index contributed by atoms with van der Waals surface area (Å²) in [6.45, 7) is 1.42. The van der Waals surface area contributed by atoms with Crippen LogP contribution < -0.4 is 10.1 Å². The topological polar surface area (TPSA) is 67.3 Å². The molecule has 0 saturated heterocycles. The second kappa shape index (κ2) is 7.09. The van der Waals surface area contributed by atoms with E-state index in [9.17, 15) is 4.79 Å². The van der Waals surface area contributed by atoms with Gasteiger partial charge in [0.25, 0.3) is 5.91 Å². The number of nitrogens with zero attached hydrogens (tertiary/aromatic N) is 3. The van der Waals surface area contributed by atoms with E-state index < -0.39 is 0 Å². The van der Waals surface area contributed by atoms with E-state index >= 15 is 0 Å². The molecule has 1 fully saturated rings. The van der Waals surface area contributed by atoms with E-state index in [2.05, 4.69) is 15.3 Å². The molecule has 0 bridgehead atoms. The molecule has 0 spiro atoms. The number of aromatic nitrogens is 2. The molecule has 1 N–H and O–H groups in total. The first-order chi connectivity index (χ1) is 12.3. The standard InChI is InChI=1S/C19H22N4O2/c24-18(12-25-15-4-2-1-3-5-15)23-10-8-16-17(9-11-23)20-13-21-19(16)22-14-6-7-14/h1-5,13-14H,6-12H2,(H,20,21,22). The predicted octanol–water partition coefficient (Wildman–Crippen LogP) is 2.06. The Morgan fingerprint density at radius 3 is 2.76 bits per heavy atom. The van der Waals surface area contributed by atoms with Crippen molar-refractivity contribution in [3.05, 3.63) is 47.9 Å². The monoisotopic (exact) mass is 338 g/mol. The van der Waals surface area contributed by atoms with Crippen molar-refractivity contribution in [3.63, 3.8) is 0 Å². The van der Waals surface area contributed by atoms with Gasteiger partial charge in [-0.3, -0.25) is 4.79 Å². The first-order valence-electron chi connectivity index (χ1n) is 8.84. The second-order valence-electron chi connectivity index (χ2n) is 6.55. The van der Waals surface area contributed by atoms with Gasteiger partial charge in [0.15, 0.2) is 6.61 Å². The number of rotatable bonds is 5. The predicted molar refractivity (Wildman–Crippen MR) is 94.6 cm³/mol. The molecule has 2 aliphatic rings. The third-order valence-corrected chi connectivity index (χ3v) is 4.66. The number of anilines is 1. The Morgan fingerprint density at radius 1 is 1.16 bits per heavy atom. The van der Waals surface area contributed by atoms with Gasteiger partial charge in [-0.05, 0) is 31.4 Å². The molecule has 1 saturated carbocycles. The fraction of sp³-hybridized carbons (Fsp3) is 0.421. The van der Waals surface area contributed by atoms with Crippen molar-refractivity contribution in [1.82, 2.24) is 14.9 Å². The van der Waals surface area contributed by atoms with Gasteiger partial charge < -0.3 is 15.0 Å². The minimum Gasteiger partial charge on any atom is -0.484 e. The molecule has 1 aliphatic heterocycles. The van der Waals surface area contributed by atoms with Gasteiger partial charge >= 0.3 is 0 Å². The van der Waals surface area contributed by atoms with Crippen LogP contribution in [0.5, 0.6) is 5.75 Å². The molecule has 130 valence electrons. The lowest BCUT2D eigenvalue weighted by Crippen LogP contribution is -2.36. The fourth-order valence-electron chi connectivity index (χ4n) is 3.07. The Hall–Kier alpha value is -2.63. The highest BCUT2D eigenvalue weighted by molar-refractivity contribution is 5.78. The lowest BCUT2D eigenvalue weighted by Gasteiger charge is -2.20. The minimum atomic E-state index is 0.0151. The molecular weight excluding hydrogens is 316 g/mol. The van der Waals surface area contributed by atoms with Crippen LogP contribution in [0.4, 0.5) is 5.82 Å². The van der Waals surface area contributed by atoms with Crippen LogP contribution in [0.1, 0.15) is 24.1 Å². The van der Waals surface area contributed by atoms with Crippen LogP contribution in [0.15, 0.2) is 36.7 Å². The van der Waals surface area contributed by atoms with Crippen LogP contribution in [0.2, 0.25) is 0 Å². The van der Waals surface area contributed by atoms with E-state index in [0.717, 1.165) is 35.7 Å². The van der Waals surface area contributed by atoms with Crippen molar-refractivity contribution in [1.29, 1.82) is 0 Å². The van der Waals surface area contributed by atoms with Crippen LogP contribution in [0.25, 0.3) is 0 Å². The van der Waals surface area contributed by atoms with Gasteiger partial charge in [-0.15, -0.1) is 0 Å². The molecule has 0 unspecified atom stereocenters. The molecule has 2 aromatic rings. The summed E-state index contributed by atoms with van der Waals surface area (Å²) in [5, 5.41) is 3.48. The Morgan fingerprint density at radius 2 is 1.96 bits per heavy atom. The number of hydrogen-bond acceptors (Lipinski definition) is 5. The Labute approximate surface area is 147 Å². The summed E-state index contributed by atoms with van der Waals surface area (Å²) in [5.74, 6) is 1.68. The molecule has 1 amide bonds. The molecular formula is C19H22N4O2. The number of nitrogens with one attached hydrogen (secondary N) is 1. The van der Waals surface area contributed by atoms with Gasteiger partial charge in [-0.1, -0.05) is 18.2 Å². The van der Waals surface area contributed by atoms with E-state index in [1.54, 1.807) is 6.33 Å². The summed E-state index contributed by atoms with van der Waals surface area (Å²) in [4.78, 5) is 23.2. The molecule has 0 atom stereocenters. The Kier molecular flexibility index (Phi) is 4.50. The third kappa shape index (κ3) is 3.90. The molecule has 6 nitrogen and oxygen atoms in total. The minimum absolute atomic E-state index is 0.0151. The third-order valence-electron chi connectivity index (χ3n) is 4.66. The number of hydrogen-bond donors (Lipinski definition) is 1. The Balaban J connectivity index is 1.38. The fourth-order valence-corrected chi connectivity index (χ4v) is 3.07. The van der Waals surface area contributed by atoms with Gasteiger partial charge in [0, 0.05) is 31.1 Å². The summed E-state index contributed by atoms with van der Waals surface area (Å²) >= 11 is 0. The van der Waals surface area contributed by atoms with E-state index in [-0.39, 0.29) is 12.5 Å². The van der Waals surface area contributed by atoms with Gasteiger partial charge in [-0.25, -0.2) is 9.97 Å². The van der Waals surface area contributed by atoms with Crippen molar-refractivity contribution in [2.24, 2.45) is 0 Å². The van der Waals surface area contributed by atoms with Gasteiger partial charge in [0.1, 0.15) is 17.9 Å². The Bertz CT molecular complexity index is 746.